The van der Waals surface area contributed by atoms with Crippen molar-refractivity contribution in [3.05, 3.63) is 58.5 Å². The van der Waals surface area contributed by atoms with E-state index < -0.39 is 0 Å². The largest absolute Gasteiger partial charge is 0.497 e. The summed E-state index contributed by atoms with van der Waals surface area (Å²) < 4.78 is 10.5. The van der Waals surface area contributed by atoms with Crippen LogP contribution in [0.1, 0.15) is 16.0 Å². The molecular formula is C19H16N2O2S. The van der Waals surface area contributed by atoms with Gasteiger partial charge in [0, 0.05) is 23.1 Å². The number of thiazole rings is 1. The van der Waals surface area contributed by atoms with E-state index >= 15 is 0 Å². The van der Waals surface area contributed by atoms with Gasteiger partial charge in [-0.1, -0.05) is 11.3 Å². The Hall–Kier alpha value is -2.66. The number of hydrogen-bond acceptors (Lipinski definition) is 5. The molecule has 0 unspecified atom stereocenters. The van der Waals surface area contributed by atoms with E-state index in [9.17, 15) is 0 Å². The summed E-state index contributed by atoms with van der Waals surface area (Å²) in [6.07, 6.45) is 2.74. The van der Waals surface area contributed by atoms with E-state index in [1.165, 1.54) is 16.0 Å². The van der Waals surface area contributed by atoms with E-state index in [0.29, 0.717) is 0 Å². The molecule has 0 spiro atoms. The van der Waals surface area contributed by atoms with Crippen LogP contribution in [0, 0.1) is 0 Å². The van der Waals surface area contributed by atoms with Gasteiger partial charge in [0.15, 0.2) is 0 Å². The molecule has 0 aliphatic heterocycles. The Morgan fingerprint density at radius 3 is 2.54 bits per heavy atom. The molecule has 24 heavy (non-hydrogen) atoms. The summed E-state index contributed by atoms with van der Waals surface area (Å²) in [4.78, 5) is 10.5. The number of benzene rings is 2. The first-order valence-electron chi connectivity index (χ1n) is 7.62. The maximum absolute atomic E-state index is 5.29. The molecule has 2 aromatic carbocycles. The van der Waals surface area contributed by atoms with E-state index in [1.807, 2.05) is 36.5 Å². The second kappa shape index (κ2) is 6.09. The fraction of sp³-hybridized carbons (Fsp3) is 0.158. The van der Waals surface area contributed by atoms with Gasteiger partial charge in [0.05, 0.1) is 19.9 Å². The van der Waals surface area contributed by atoms with Gasteiger partial charge in [-0.25, -0.2) is 9.98 Å². The van der Waals surface area contributed by atoms with Gasteiger partial charge in [0.2, 0.25) is 5.13 Å². The monoisotopic (exact) mass is 336 g/mol. The van der Waals surface area contributed by atoms with E-state index in [1.54, 1.807) is 25.6 Å². The number of aromatic nitrogens is 1. The van der Waals surface area contributed by atoms with Crippen LogP contribution in [-0.4, -0.2) is 25.4 Å². The summed E-state index contributed by atoms with van der Waals surface area (Å²) in [7, 11) is 3.35. The summed E-state index contributed by atoms with van der Waals surface area (Å²) >= 11 is 1.64. The quantitative estimate of drug-likeness (QED) is 0.516. The predicted molar refractivity (Wildman–Crippen MR) is 97.2 cm³/mol. The molecule has 1 aliphatic rings. The smallest absolute Gasteiger partial charge is 0.209 e. The topological polar surface area (TPSA) is 43.7 Å². The van der Waals surface area contributed by atoms with Crippen LogP contribution in [0.3, 0.4) is 0 Å². The molecule has 0 amide bonds. The van der Waals surface area contributed by atoms with Crippen LogP contribution >= 0.6 is 11.3 Å². The van der Waals surface area contributed by atoms with E-state index in [4.69, 9.17) is 14.5 Å². The Bertz CT molecular complexity index is 914. The lowest BCUT2D eigenvalue weighted by Crippen LogP contribution is -1.86. The number of nitrogens with zero attached hydrogens (tertiary/aromatic N) is 2. The van der Waals surface area contributed by atoms with Crippen molar-refractivity contribution in [2.45, 2.75) is 6.42 Å². The SMILES string of the molecule is COc1ccc(C=Nc2nc3c(s2)Cc2cc(OC)ccc2-3)cc1. The average Bonchev–Trinajstić information content (AvgIpc) is 3.17. The molecule has 5 heteroatoms. The zero-order chi connectivity index (χ0) is 16.5. The van der Waals surface area contributed by atoms with Gasteiger partial charge in [-0.05, 0) is 53.6 Å². The predicted octanol–water partition coefficient (Wildman–Crippen LogP) is 4.48. The summed E-state index contributed by atoms with van der Waals surface area (Å²) in [5.41, 5.74) is 4.54. The third-order valence-electron chi connectivity index (χ3n) is 4.04. The van der Waals surface area contributed by atoms with Crippen LogP contribution < -0.4 is 9.47 Å². The minimum Gasteiger partial charge on any atom is -0.497 e. The summed E-state index contributed by atoms with van der Waals surface area (Å²) in [6.45, 7) is 0. The minimum atomic E-state index is 0.789. The van der Waals surface area contributed by atoms with Gasteiger partial charge in [0.1, 0.15) is 11.5 Å². The van der Waals surface area contributed by atoms with Crippen molar-refractivity contribution in [1.82, 2.24) is 4.98 Å². The van der Waals surface area contributed by atoms with Crippen molar-refractivity contribution in [2.75, 3.05) is 14.2 Å². The number of aliphatic imine (C=N–C) groups is 1. The molecular weight excluding hydrogens is 320 g/mol. The molecule has 1 aromatic heterocycles. The van der Waals surface area contributed by atoms with Gasteiger partial charge in [-0.2, -0.15) is 0 Å². The summed E-state index contributed by atoms with van der Waals surface area (Å²) in [6, 6.07) is 13.9. The van der Waals surface area contributed by atoms with Gasteiger partial charge in [-0.3, -0.25) is 0 Å². The lowest BCUT2D eigenvalue weighted by atomic mass is 10.1. The van der Waals surface area contributed by atoms with Gasteiger partial charge in [-0.15, -0.1) is 0 Å². The highest BCUT2D eigenvalue weighted by Gasteiger charge is 2.23. The van der Waals surface area contributed by atoms with E-state index in [-0.39, 0.29) is 0 Å². The lowest BCUT2D eigenvalue weighted by Gasteiger charge is -2.03. The molecule has 0 saturated heterocycles. The Morgan fingerprint density at radius 2 is 1.79 bits per heavy atom. The second-order valence-corrected chi connectivity index (χ2v) is 6.56. The normalized spacial score (nSPS) is 12.2. The van der Waals surface area contributed by atoms with Crippen LogP contribution in [-0.2, 0) is 6.42 Å². The highest BCUT2D eigenvalue weighted by atomic mass is 32.1. The van der Waals surface area contributed by atoms with Crippen LogP contribution in [0.15, 0.2) is 47.5 Å². The number of hydrogen-bond donors (Lipinski definition) is 0. The van der Waals surface area contributed by atoms with Crippen LogP contribution in [0.5, 0.6) is 11.5 Å². The zero-order valence-electron chi connectivity index (χ0n) is 13.4. The average molecular weight is 336 g/mol. The molecule has 1 heterocycles. The molecule has 0 radical (unpaired) electrons. The van der Waals surface area contributed by atoms with Gasteiger partial charge < -0.3 is 9.47 Å². The summed E-state index contributed by atoms with van der Waals surface area (Å²) in [5.74, 6) is 1.73. The molecule has 0 fully saturated rings. The van der Waals surface area contributed by atoms with Crippen LogP contribution in [0.25, 0.3) is 11.3 Å². The molecule has 120 valence electrons. The molecule has 1 aliphatic carbocycles. The zero-order valence-corrected chi connectivity index (χ0v) is 14.3. The number of rotatable bonds is 4. The fourth-order valence-electron chi connectivity index (χ4n) is 2.79. The number of methoxy groups -OCH3 is 2. The first kappa shape index (κ1) is 14.9. The van der Waals surface area contributed by atoms with Crippen molar-refractivity contribution < 1.29 is 9.47 Å². The van der Waals surface area contributed by atoms with Crippen molar-refractivity contribution in [2.24, 2.45) is 4.99 Å². The van der Waals surface area contributed by atoms with Crippen molar-refractivity contribution in [1.29, 1.82) is 0 Å². The van der Waals surface area contributed by atoms with Crippen molar-refractivity contribution in [3.8, 4) is 22.8 Å². The third-order valence-corrected chi connectivity index (χ3v) is 5.01. The standard InChI is InChI=1S/C19H16N2O2S/c1-22-14-5-3-12(4-6-14)11-20-19-21-18-16-8-7-15(23-2)9-13(16)10-17(18)24-19/h3-9,11H,10H2,1-2H3. The Kier molecular flexibility index (Phi) is 3.78. The number of fused-ring (bicyclic) bond motifs is 3. The lowest BCUT2D eigenvalue weighted by molar-refractivity contribution is 0.414. The van der Waals surface area contributed by atoms with Gasteiger partial charge >= 0.3 is 0 Å². The molecule has 3 aromatic rings. The van der Waals surface area contributed by atoms with E-state index in [2.05, 4.69) is 17.1 Å². The van der Waals surface area contributed by atoms with Crippen LogP contribution in [0.4, 0.5) is 5.13 Å². The highest BCUT2D eigenvalue weighted by molar-refractivity contribution is 7.15. The highest BCUT2D eigenvalue weighted by Crippen LogP contribution is 2.42. The summed E-state index contributed by atoms with van der Waals surface area (Å²) in [5, 5.41) is 0.789. The first-order chi connectivity index (χ1) is 11.8. The van der Waals surface area contributed by atoms with Crippen LogP contribution in [0.2, 0.25) is 0 Å². The minimum absolute atomic E-state index is 0.789. The third kappa shape index (κ3) is 2.67. The fourth-order valence-corrected chi connectivity index (χ4v) is 3.73. The van der Waals surface area contributed by atoms with E-state index in [0.717, 1.165) is 34.3 Å². The molecule has 4 nitrogen and oxygen atoms in total. The first-order valence-corrected chi connectivity index (χ1v) is 8.43. The molecule has 0 N–H and O–H groups in total. The molecule has 0 saturated carbocycles. The molecule has 0 atom stereocenters. The van der Waals surface area contributed by atoms with Crippen molar-refractivity contribution in [3.63, 3.8) is 0 Å². The van der Waals surface area contributed by atoms with Gasteiger partial charge in [0.25, 0.3) is 0 Å². The molecule has 4 rings (SSSR count). The molecule has 0 bridgehead atoms. The Morgan fingerprint density at radius 1 is 1.04 bits per heavy atom. The number of ether oxygens (including phenoxy) is 2. The maximum atomic E-state index is 5.29. The van der Waals surface area contributed by atoms with Crippen molar-refractivity contribution >= 4 is 22.7 Å². The Balaban J connectivity index is 1.58. The second-order valence-electron chi connectivity index (χ2n) is 5.50. The maximum Gasteiger partial charge on any atom is 0.209 e. The Labute approximate surface area is 144 Å².